The second-order valence-corrected chi connectivity index (χ2v) is 3.88. The van der Waals surface area contributed by atoms with Gasteiger partial charge in [0.15, 0.2) is 5.78 Å². The van der Waals surface area contributed by atoms with Gasteiger partial charge in [0, 0.05) is 31.8 Å². The first-order valence-corrected chi connectivity index (χ1v) is 5.07. The third kappa shape index (κ3) is 2.80. The van der Waals surface area contributed by atoms with Gasteiger partial charge in [-0.05, 0) is 25.6 Å². The number of nitrogens with two attached hydrogens (primary N) is 1. The van der Waals surface area contributed by atoms with Gasteiger partial charge in [0.05, 0.1) is 0 Å². The fourth-order valence-electron chi connectivity index (χ4n) is 1.53. The molecule has 0 radical (unpaired) electrons. The van der Waals surface area contributed by atoms with Crippen LogP contribution in [-0.2, 0) is 0 Å². The maximum Gasteiger partial charge on any atom is 0.166 e. The lowest BCUT2D eigenvalue weighted by Gasteiger charge is -2.17. The first-order chi connectivity index (χ1) is 7.06. The van der Waals surface area contributed by atoms with Gasteiger partial charge in [-0.15, -0.1) is 0 Å². The molecule has 15 heavy (non-hydrogen) atoms. The molecule has 1 aromatic rings. The number of anilines is 1. The fraction of sp³-hybridized carbons (Fsp3) is 0.417. The molecule has 0 aliphatic heterocycles. The van der Waals surface area contributed by atoms with E-state index in [2.05, 4.69) is 0 Å². The van der Waals surface area contributed by atoms with Crippen molar-refractivity contribution in [1.29, 1.82) is 0 Å². The number of Topliss-reactive ketones (excluding diaryl/α,β-unsaturated/α-hetero) is 1. The maximum absolute atomic E-state index is 11.8. The number of hydrogen-bond donors (Lipinski definition) is 1. The number of carbonyl (C=O) groups excluding carboxylic acids is 1. The molecular weight excluding hydrogens is 188 g/mol. The molecule has 0 aliphatic carbocycles. The van der Waals surface area contributed by atoms with E-state index in [1.165, 1.54) is 0 Å². The van der Waals surface area contributed by atoms with Crippen LogP contribution in [0.15, 0.2) is 18.2 Å². The van der Waals surface area contributed by atoms with Gasteiger partial charge in [0.2, 0.25) is 0 Å². The second kappa shape index (κ2) is 4.94. The molecule has 82 valence electrons. The van der Waals surface area contributed by atoms with E-state index in [1.807, 2.05) is 44.1 Å². The lowest BCUT2D eigenvalue weighted by atomic mass is 10.0. The minimum Gasteiger partial charge on any atom is -0.377 e. The van der Waals surface area contributed by atoms with Gasteiger partial charge in [-0.1, -0.05) is 11.6 Å². The Morgan fingerprint density at radius 1 is 1.40 bits per heavy atom. The highest BCUT2D eigenvalue weighted by Crippen LogP contribution is 2.21. The third-order valence-corrected chi connectivity index (χ3v) is 2.31. The number of benzene rings is 1. The number of aryl methyl sites for hydroxylation is 1. The summed E-state index contributed by atoms with van der Waals surface area (Å²) >= 11 is 0. The summed E-state index contributed by atoms with van der Waals surface area (Å²) in [5.74, 6) is 0.116. The summed E-state index contributed by atoms with van der Waals surface area (Å²) in [5, 5.41) is 0. The van der Waals surface area contributed by atoms with Gasteiger partial charge in [-0.25, -0.2) is 0 Å². The number of hydrogen-bond acceptors (Lipinski definition) is 3. The van der Waals surface area contributed by atoms with Gasteiger partial charge >= 0.3 is 0 Å². The summed E-state index contributed by atoms with van der Waals surface area (Å²) in [6.07, 6.45) is 0.407. The van der Waals surface area contributed by atoms with E-state index in [-0.39, 0.29) is 5.78 Å². The van der Waals surface area contributed by atoms with Crippen molar-refractivity contribution in [1.82, 2.24) is 0 Å². The molecule has 0 unspecified atom stereocenters. The summed E-state index contributed by atoms with van der Waals surface area (Å²) < 4.78 is 0. The number of nitrogens with zero attached hydrogens (tertiary/aromatic N) is 1. The Balaban J connectivity index is 3.12. The SMILES string of the molecule is Cc1ccc(N(C)C)c(C(=O)CCN)c1. The van der Waals surface area contributed by atoms with E-state index < -0.39 is 0 Å². The number of rotatable bonds is 4. The summed E-state index contributed by atoms with van der Waals surface area (Å²) in [7, 11) is 3.87. The number of carbonyl (C=O) groups is 1. The Kier molecular flexibility index (Phi) is 3.86. The monoisotopic (exact) mass is 206 g/mol. The van der Waals surface area contributed by atoms with Gasteiger partial charge in [-0.2, -0.15) is 0 Å². The minimum absolute atomic E-state index is 0.116. The van der Waals surface area contributed by atoms with Gasteiger partial charge in [0.25, 0.3) is 0 Å². The summed E-state index contributed by atoms with van der Waals surface area (Å²) in [4.78, 5) is 13.8. The molecule has 1 aromatic carbocycles. The molecule has 0 saturated carbocycles. The predicted octanol–water partition coefficient (Wildman–Crippen LogP) is 1.59. The first kappa shape index (κ1) is 11.7. The van der Waals surface area contributed by atoms with Gasteiger partial charge in [-0.3, -0.25) is 4.79 Å². The highest BCUT2D eigenvalue weighted by atomic mass is 16.1. The van der Waals surface area contributed by atoms with E-state index in [4.69, 9.17) is 5.73 Å². The molecule has 3 heteroatoms. The van der Waals surface area contributed by atoms with E-state index in [9.17, 15) is 4.79 Å². The molecule has 0 atom stereocenters. The van der Waals surface area contributed by atoms with Crippen LogP contribution < -0.4 is 10.6 Å². The maximum atomic E-state index is 11.8. The highest BCUT2D eigenvalue weighted by molar-refractivity contribution is 6.01. The zero-order chi connectivity index (χ0) is 11.4. The van der Waals surface area contributed by atoms with E-state index in [0.29, 0.717) is 13.0 Å². The zero-order valence-corrected chi connectivity index (χ0v) is 9.58. The third-order valence-electron chi connectivity index (χ3n) is 2.31. The molecule has 0 aliphatic rings. The van der Waals surface area contributed by atoms with E-state index in [0.717, 1.165) is 16.8 Å². The van der Waals surface area contributed by atoms with Crippen LogP contribution in [0.25, 0.3) is 0 Å². The molecule has 0 bridgehead atoms. The molecule has 0 fully saturated rings. The second-order valence-electron chi connectivity index (χ2n) is 3.88. The quantitative estimate of drug-likeness (QED) is 0.761. The zero-order valence-electron chi connectivity index (χ0n) is 9.58. The molecule has 0 saturated heterocycles. The van der Waals surface area contributed by atoms with Crippen molar-refractivity contribution in [2.24, 2.45) is 5.73 Å². The molecule has 3 nitrogen and oxygen atoms in total. The Hall–Kier alpha value is -1.35. The van der Waals surface area contributed by atoms with Crippen LogP contribution in [-0.4, -0.2) is 26.4 Å². The Morgan fingerprint density at radius 2 is 2.07 bits per heavy atom. The molecule has 1 rings (SSSR count). The van der Waals surface area contributed by atoms with Crippen LogP contribution in [0, 0.1) is 6.92 Å². The summed E-state index contributed by atoms with van der Waals surface area (Å²) in [6, 6.07) is 5.90. The molecule has 0 heterocycles. The molecule has 0 amide bonds. The van der Waals surface area contributed by atoms with Gasteiger partial charge in [0.1, 0.15) is 0 Å². The van der Waals surface area contributed by atoms with E-state index >= 15 is 0 Å². The Labute approximate surface area is 90.9 Å². The van der Waals surface area contributed by atoms with Crippen LogP contribution in [0.2, 0.25) is 0 Å². The minimum atomic E-state index is 0.116. The van der Waals surface area contributed by atoms with Crippen molar-refractivity contribution in [2.75, 3.05) is 25.5 Å². The summed E-state index contributed by atoms with van der Waals surface area (Å²) in [5.41, 5.74) is 8.22. The van der Waals surface area contributed by atoms with Crippen molar-refractivity contribution >= 4 is 11.5 Å². The Morgan fingerprint density at radius 3 is 2.60 bits per heavy atom. The standard InChI is InChI=1S/C12H18N2O/c1-9-4-5-11(14(2)3)10(8-9)12(15)6-7-13/h4-5,8H,6-7,13H2,1-3H3. The predicted molar refractivity (Wildman–Crippen MR) is 63.5 cm³/mol. The molecular formula is C12H18N2O. The van der Waals surface area contributed by atoms with Crippen LogP contribution in [0.5, 0.6) is 0 Å². The Bertz CT molecular complexity index is 359. The van der Waals surface area contributed by atoms with Crippen molar-refractivity contribution in [2.45, 2.75) is 13.3 Å². The topological polar surface area (TPSA) is 46.3 Å². The van der Waals surface area contributed by atoms with Crippen molar-refractivity contribution in [3.8, 4) is 0 Å². The van der Waals surface area contributed by atoms with Crippen LogP contribution in [0.3, 0.4) is 0 Å². The highest BCUT2D eigenvalue weighted by Gasteiger charge is 2.11. The lowest BCUT2D eigenvalue weighted by Crippen LogP contribution is -2.16. The van der Waals surface area contributed by atoms with Crippen LogP contribution in [0.1, 0.15) is 22.3 Å². The molecule has 0 spiro atoms. The smallest absolute Gasteiger partial charge is 0.166 e. The number of ketones is 1. The average Bonchev–Trinajstić information content (AvgIpc) is 2.17. The van der Waals surface area contributed by atoms with Crippen molar-refractivity contribution in [3.05, 3.63) is 29.3 Å². The normalized spacial score (nSPS) is 10.1. The van der Waals surface area contributed by atoms with Crippen LogP contribution in [0.4, 0.5) is 5.69 Å². The average molecular weight is 206 g/mol. The van der Waals surface area contributed by atoms with E-state index in [1.54, 1.807) is 0 Å². The van der Waals surface area contributed by atoms with Crippen LogP contribution >= 0.6 is 0 Å². The molecule has 2 N–H and O–H groups in total. The summed E-state index contributed by atoms with van der Waals surface area (Å²) in [6.45, 7) is 2.39. The molecule has 0 aromatic heterocycles. The lowest BCUT2D eigenvalue weighted by molar-refractivity contribution is 0.0986. The fourth-order valence-corrected chi connectivity index (χ4v) is 1.53. The van der Waals surface area contributed by atoms with Crippen molar-refractivity contribution in [3.63, 3.8) is 0 Å². The largest absolute Gasteiger partial charge is 0.377 e. The first-order valence-electron chi connectivity index (χ1n) is 5.07. The van der Waals surface area contributed by atoms with Crippen molar-refractivity contribution < 1.29 is 4.79 Å². The van der Waals surface area contributed by atoms with Gasteiger partial charge < -0.3 is 10.6 Å².